The normalized spacial score (nSPS) is 11.1. The Morgan fingerprint density at radius 3 is 2.45 bits per heavy atom. The summed E-state index contributed by atoms with van der Waals surface area (Å²) in [7, 11) is 0. The molecule has 0 N–H and O–H groups in total. The van der Waals surface area contributed by atoms with Crippen LogP contribution in [0.15, 0.2) is 12.1 Å². The Hall–Kier alpha value is -1.99. The van der Waals surface area contributed by atoms with Crippen LogP contribution in [0.5, 0.6) is 11.8 Å². The van der Waals surface area contributed by atoms with Crippen molar-refractivity contribution in [2.24, 2.45) is 0 Å². The summed E-state index contributed by atoms with van der Waals surface area (Å²) in [6.07, 6.45) is -4.47. The van der Waals surface area contributed by atoms with Gasteiger partial charge in [0, 0.05) is 6.07 Å². The van der Waals surface area contributed by atoms with E-state index in [1.165, 1.54) is 6.07 Å². The minimum absolute atomic E-state index is 0.0352. The van der Waals surface area contributed by atoms with Crippen molar-refractivity contribution in [1.29, 1.82) is 0 Å². The van der Waals surface area contributed by atoms with Crippen LogP contribution in [0.25, 0.3) is 0 Å². The van der Waals surface area contributed by atoms with E-state index in [4.69, 9.17) is 9.47 Å². The van der Waals surface area contributed by atoms with Gasteiger partial charge in [0.15, 0.2) is 6.61 Å². The van der Waals surface area contributed by atoms with E-state index in [2.05, 4.69) is 9.72 Å². The number of carbonyl (C=O) groups excluding carboxylic acids is 1. The molecule has 0 aromatic carbocycles. The number of nitrogens with zero attached hydrogens (tertiary/aromatic N) is 1. The smallest absolute Gasteiger partial charge is 0.422 e. The number of aromatic nitrogens is 1. The molecule has 1 aromatic heterocycles. The molecule has 20 heavy (non-hydrogen) atoms. The Kier molecular flexibility index (Phi) is 5.60. The molecule has 0 fully saturated rings. The minimum Gasteiger partial charge on any atom is -0.477 e. The molecule has 0 atom stereocenters. The second kappa shape index (κ2) is 6.97. The molecule has 0 saturated carbocycles. The lowest BCUT2D eigenvalue weighted by Gasteiger charge is -2.12. The molecule has 0 bridgehead atoms. The molecule has 0 aliphatic heterocycles. The lowest BCUT2D eigenvalue weighted by molar-refractivity contribution is -0.154. The summed E-state index contributed by atoms with van der Waals surface area (Å²) in [5.74, 6) is -1.06. The molecular formula is C12H14F3NO4. The maximum atomic E-state index is 12.0. The molecule has 8 heteroatoms. The number of hydrogen-bond donors (Lipinski definition) is 0. The van der Waals surface area contributed by atoms with Crippen molar-refractivity contribution in [3.05, 3.63) is 17.7 Å². The molecule has 0 unspecified atom stereocenters. The summed E-state index contributed by atoms with van der Waals surface area (Å²) in [5, 5.41) is 0. The molecule has 112 valence electrons. The van der Waals surface area contributed by atoms with Gasteiger partial charge in [0.05, 0.1) is 13.2 Å². The van der Waals surface area contributed by atoms with Gasteiger partial charge in [-0.1, -0.05) is 0 Å². The van der Waals surface area contributed by atoms with Gasteiger partial charge in [0.2, 0.25) is 11.8 Å². The predicted octanol–water partition coefficient (Wildman–Crippen LogP) is 2.60. The highest BCUT2D eigenvalue weighted by atomic mass is 19.4. The minimum atomic E-state index is -4.47. The average Bonchev–Trinajstić information content (AvgIpc) is 2.36. The van der Waals surface area contributed by atoms with Gasteiger partial charge in [0.25, 0.3) is 0 Å². The predicted molar refractivity (Wildman–Crippen MR) is 62.9 cm³/mol. The van der Waals surface area contributed by atoms with Crippen LogP contribution in [0, 0.1) is 0 Å². The lowest BCUT2D eigenvalue weighted by atomic mass is 10.2. The Balaban J connectivity index is 2.91. The topological polar surface area (TPSA) is 57.7 Å². The Morgan fingerprint density at radius 1 is 1.20 bits per heavy atom. The zero-order valence-corrected chi connectivity index (χ0v) is 11.0. The van der Waals surface area contributed by atoms with E-state index < -0.39 is 18.8 Å². The van der Waals surface area contributed by atoms with Crippen LogP contribution < -0.4 is 9.47 Å². The Bertz CT molecular complexity index is 463. The summed E-state index contributed by atoms with van der Waals surface area (Å²) >= 11 is 0. The number of hydrogen-bond acceptors (Lipinski definition) is 5. The zero-order valence-electron chi connectivity index (χ0n) is 11.0. The first kappa shape index (κ1) is 16.1. The number of carbonyl (C=O) groups is 1. The molecule has 0 amide bonds. The monoisotopic (exact) mass is 293 g/mol. The number of ether oxygens (including phenoxy) is 3. The third-order valence-electron chi connectivity index (χ3n) is 1.99. The summed E-state index contributed by atoms with van der Waals surface area (Å²) in [5.41, 5.74) is 0.0352. The van der Waals surface area contributed by atoms with Gasteiger partial charge in [-0.25, -0.2) is 4.79 Å². The van der Waals surface area contributed by atoms with E-state index in [-0.39, 0.29) is 30.5 Å². The van der Waals surface area contributed by atoms with Crippen molar-refractivity contribution in [3.8, 4) is 11.8 Å². The molecule has 0 radical (unpaired) electrons. The third-order valence-corrected chi connectivity index (χ3v) is 1.99. The van der Waals surface area contributed by atoms with Crippen molar-refractivity contribution in [2.75, 3.05) is 19.8 Å². The molecular weight excluding hydrogens is 279 g/mol. The highest BCUT2D eigenvalue weighted by Gasteiger charge is 2.29. The van der Waals surface area contributed by atoms with Crippen LogP contribution in [0.3, 0.4) is 0 Å². The van der Waals surface area contributed by atoms with E-state index in [9.17, 15) is 18.0 Å². The number of halogens is 3. The quantitative estimate of drug-likeness (QED) is 0.755. The second-order valence-electron chi connectivity index (χ2n) is 3.56. The van der Waals surface area contributed by atoms with Crippen LogP contribution in [-0.2, 0) is 4.74 Å². The van der Waals surface area contributed by atoms with Gasteiger partial charge < -0.3 is 14.2 Å². The van der Waals surface area contributed by atoms with E-state index in [0.717, 1.165) is 6.07 Å². The van der Waals surface area contributed by atoms with E-state index >= 15 is 0 Å². The number of pyridine rings is 1. The molecule has 0 spiro atoms. The fourth-order valence-electron chi connectivity index (χ4n) is 1.27. The maximum absolute atomic E-state index is 12.0. The lowest BCUT2D eigenvalue weighted by Crippen LogP contribution is -2.20. The van der Waals surface area contributed by atoms with Gasteiger partial charge >= 0.3 is 12.1 Å². The van der Waals surface area contributed by atoms with E-state index in [0.29, 0.717) is 0 Å². The van der Waals surface area contributed by atoms with Crippen LogP contribution in [-0.4, -0.2) is 37.0 Å². The first-order valence-corrected chi connectivity index (χ1v) is 5.88. The number of rotatable bonds is 6. The molecule has 0 aliphatic carbocycles. The van der Waals surface area contributed by atoms with Crippen molar-refractivity contribution in [2.45, 2.75) is 20.0 Å². The molecule has 0 saturated heterocycles. The SMILES string of the molecule is CCOC(=O)c1ccc(OCC(F)(F)F)nc1OCC. The molecule has 1 heterocycles. The van der Waals surface area contributed by atoms with Crippen LogP contribution in [0.2, 0.25) is 0 Å². The fourth-order valence-corrected chi connectivity index (χ4v) is 1.27. The summed E-state index contributed by atoms with van der Waals surface area (Å²) in [4.78, 5) is 15.3. The molecule has 1 rings (SSSR count). The van der Waals surface area contributed by atoms with Crippen molar-refractivity contribution < 1.29 is 32.2 Å². The zero-order chi connectivity index (χ0) is 15.2. The molecule has 1 aromatic rings. The van der Waals surface area contributed by atoms with Crippen molar-refractivity contribution in [1.82, 2.24) is 4.98 Å². The summed E-state index contributed by atoms with van der Waals surface area (Å²) in [6.45, 7) is 2.18. The fraction of sp³-hybridized carbons (Fsp3) is 0.500. The van der Waals surface area contributed by atoms with Crippen LogP contribution in [0.1, 0.15) is 24.2 Å². The van der Waals surface area contributed by atoms with Gasteiger partial charge in [-0.15, -0.1) is 0 Å². The summed E-state index contributed by atoms with van der Waals surface area (Å²) < 4.78 is 50.5. The third kappa shape index (κ3) is 4.94. The largest absolute Gasteiger partial charge is 0.477 e. The molecule has 5 nitrogen and oxygen atoms in total. The van der Waals surface area contributed by atoms with Crippen LogP contribution >= 0.6 is 0 Å². The second-order valence-corrected chi connectivity index (χ2v) is 3.56. The standard InChI is InChI=1S/C12H14F3NO4/c1-3-18-10-8(11(17)19-4-2)5-6-9(16-10)20-7-12(13,14)15/h5-6H,3-4,7H2,1-2H3. The highest BCUT2D eigenvalue weighted by Crippen LogP contribution is 2.23. The number of alkyl halides is 3. The summed E-state index contributed by atoms with van der Waals surface area (Å²) in [6, 6.07) is 2.40. The van der Waals surface area contributed by atoms with E-state index in [1.807, 2.05) is 0 Å². The van der Waals surface area contributed by atoms with Gasteiger partial charge in [0.1, 0.15) is 5.56 Å². The van der Waals surface area contributed by atoms with Crippen molar-refractivity contribution >= 4 is 5.97 Å². The van der Waals surface area contributed by atoms with Gasteiger partial charge in [-0.3, -0.25) is 0 Å². The van der Waals surface area contributed by atoms with Gasteiger partial charge in [-0.05, 0) is 19.9 Å². The molecule has 0 aliphatic rings. The van der Waals surface area contributed by atoms with E-state index in [1.54, 1.807) is 13.8 Å². The Labute approximate surface area is 113 Å². The number of esters is 1. The maximum Gasteiger partial charge on any atom is 0.422 e. The van der Waals surface area contributed by atoms with Crippen LogP contribution in [0.4, 0.5) is 13.2 Å². The highest BCUT2D eigenvalue weighted by molar-refractivity contribution is 5.91. The average molecular weight is 293 g/mol. The first-order chi connectivity index (χ1) is 9.37. The first-order valence-electron chi connectivity index (χ1n) is 5.88. The Morgan fingerprint density at radius 2 is 1.90 bits per heavy atom. The van der Waals surface area contributed by atoms with Crippen molar-refractivity contribution in [3.63, 3.8) is 0 Å². The van der Waals surface area contributed by atoms with Gasteiger partial charge in [-0.2, -0.15) is 18.2 Å².